The van der Waals surface area contributed by atoms with Gasteiger partial charge < -0.3 is 36.7 Å². The van der Waals surface area contributed by atoms with Crippen LogP contribution in [0.15, 0.2) is 24.3 Å². The van der Waals surface area contributed by atoms with E-state index in [1.807, 2.05) is 27.7 Å². The highest BCUT2D eigenvalue weighted by molar-refractivity contribution is 6.17. The molecule has 0 spiro atoms. The lowest BCUT2D eigenvalue weighted by molar-refractivity contribution is -0.125. The standard InChI is InChI=1S/C17H27BN3O4.C8H18N2O/c1-3-13(2)17(23)20-10-5-9-19-11-8-16(22)21-14-6-4-7-15(12-14)25-18-24;1-3-7(2)8(11)10-6-4-5-9/h4,6-7,12-13,19,24H,3,5,8-11H2,1-2H3,(H,20,23)(H,21,22);7H,3-6,9H2,1-2H3,(H,10,11). The predicted octanol–water partition coefficient (Wildman–Crippen LogP) is 1.56. The van der Waals surface area contributed by atoms with Gasteiger partial charge in [0, 0.05) is 49.6 Å². The molecule has 0 saturated heterocycles. The Morgan fingerprint density at radius 1 is 0.972 bits per heavy atom. The SMILES string of the molecule is CCC(C)C(=O)NCCCN.CCC(C)C(=O)NCCCNCCC(=O)Nc1cccc(O[B]O)c1. The van der Waals surface area contributed by atoms with Crippen molar-refractivity contribution in [1.82, 2.24) is 16.0 Å². The summed E-state index contributed by atoms with van der Waals surface area (Å²) in [5, 5.41) is 20.2. The van der Waals surface area contributed by atoms with Crippen LogP contribution in [-0.2, 0) is 14.4 Å². The maximum absolute atomic E-state index is 11.9. The highest BCUT2D eigenvalue weighted by atomic mass is 16.5. The zero-order valence-corrected chi connectivity index (χ0v) is 22.3. The topological polar surface area (TPSA) is 155 Å². The first-order chi connectivity index (χ1) is 17.3. The van der Waals surface area contributed by atoms with E-state index in [1.54, 1.807) is 24.3 Å². The monoisotopic (exact) mass is 506 g/mol. The second-order valence-corrected chi connectivity index (χ2v) is 8.50. The van der Waals surface area contributed by atoms with Crippen LogP contribution in [0.1, 0.15) is 59.8 Å². The molecule has 11 heteroatoms. The van der Waals surface area contributed by atoms with Crippen LogP contribution < -0.4 is 31.7 Å². The van der Waals surface area contributed by atoms with Gasteiger partial charge in [0.05, 0.1) is 0 Å². The summed E-state index contributed by atoms with van der Waals surface area (Å²) in [6.07, 6.45) is 3.76. The van der Waals surface area contributed by atoms with E-state index in [0.717, 1.165) is 32.2 Å². The van der Waals surface area contributed by atoms with Gasteiger partial charge in [-0.3, -0.25) is 14.4 Å². The normalized spacial score (nSPS) is 11.8. The Morgan fingerprint density at radius 2 is 1.58 bits per heavy atom. The van der Waals surface area contributed by atoms with Gasteiger partial charge in [-0.25, -0.2) is 0 Å². The van der Waals surface area contributed by atoms with Gasteiger partial charge in [-0.2, -0.15) is 0 Å². The molecule has 0 aliphatic carbocycles. The minimum atomic E-state index is -0.109. The van der Waals surface area contributed by atoms with Gasteiger partial charge in [0.1, 0.15) is 5.75 Å². The average Bonchev–Trinajstić information content (AvgIpc) is 2.87. The largest absolute Gasteiger partial charge is 0.569 e. The van der Waals surface area contributed by atoms with E-state index in [0.29, 0.717) is 51.7 Å². The smallest absolute Gasteiger partial charge is 0.537 e. The van der Waals surface area contributed by atoms with E-state index >= 15 is 0 Å². The molecule has 1 aromatic rings. The third-order valence-electron chi connectivity index (χ3n) is 5.47. The van der Waals surface area contributed by atoms with Gasteiger partial charge in [0.25, 0.3) is 0 Å². The number of anilines is 1. The van der Waals surface area contributed by atoms with E-state index in [9.17, 15) is 14.4 Å². The number of nitrogens with two attached hydrogens (primary N) is 1. The second kappa shape index (κ2) is 21.6. The highest BCUT2D eigenvalue weighted by Gasteiger charge is 2.09. The third-order valence-corrected chi connectivity index (χ3v) is 5.47. The summed E-state index contributed by atoms with van der Waals surface area (Å²) in [5.74, 6) is 0.747. The molecular weight excluding hydrogens is 461 g/mol. The fourth-order valence-corrected chi connectivity index (χ4v) is 2.72. The van der Waals surface area contributed by atoms with E-state index < -0.39 is 0 Å². The van der Waals surface area contributed by atoms with Crippen LogP contribution in [-0.4, -0.2) is 63.2 Å². The summed E-state index contributed by atoms with van der Waals surface area (Å²) in [6.45, 7) is 11.1. The van der Waals surface area contributed by atoms with Gasteiger partial charge in [-0.1, -0.05) is 33.8 Å². The van der Waals surface area contributed by atoms with Gasteiger partial charge >= 0.3 is 7.69 Å². The summed E-state index contributed by atoms with van der Waals surface area (Å²) >= 11 is 0. The van der Waals surface area contributed by atoms with E-state index in [2.05, 4.69) is 21.3 Å². The average molecular weight is 506 g/mol. The first-order valence-corrected chi connectivity index (χ1v) is 12.8. The number of hydrogen-bond acceptors (Lipinski definition) is 7. The number of rotatable bonds is 17. The lowest BCUT2D eigenvalue weighted by Crippen LogP contribution is -2.31. The molecule has 0 aliphatic heterocycles. The Hall–Kier alpha value is -2.63. The fraction of sp³-hybridized carbons (Fsp3) is 0.640. The Balaban J connectivity index is 0.000000935. The number of hydrogen-bond donors (Lipinski definition) is 6. The fourth-order valence-electron chi connectivity index (χ4n) is 2.72. The first kappa shape index (κ1) is 33.4. The van der Waals surface area contributed by atoms with Crippen molar-refractivity contribution in [3.63, 3.8) is 0 Å². The van der Waals surface area contributed by atoms with Crippen molar-refractivity contribution in [3.8, 4) is 5.75 Å². The Kier molecular flexibility index (Phi) is 20.1. The van der Waals surface area contributed by atoms with Crippen molar-refractivity contribution in [2.45, 2.75) is 59.8 Å². The molecule has 0 saturated carbocycles. The molecule has 1 radical (unpaired) electrons. The van der Waals surface area contributed by atoms with E-state index in [-0.39, 0.29) is 29.6 Å². The van der Waals surface area contributed by atoms with Crippen LogP contribution in [0.4, 0.5) is 5.69 Å². The lowest BCUT2D eigenvalue weighted by Gasteiger charge is -2.10. The maximum Gasteiger partial charge on any atom is 0.569 e. The molecule has 2 unspecified atom stereocenters. The molecule has 0 bridgehead atoms. The van der Waals surface area contributed by atoms with Crippen LogP contribution >= 0.6 is 0 Å². The van der Waals surface area contributed by atoms with E-state index in [4.69, 9.17) is 15.4 Å². The predicted molar refractivity (Wildman–Crippen MR) is 144 cm³/mol. The zero-order chi connectivity index (χ0) is 27.2. The minimum absolute atomic E-state index is 0.0517. The van der Waals surface area contributed by atoms with Crippen molar-refractivity contribution >= 4 is 31.1 Å². The molecule has 36 heavy (non-hydrogen) atoms. The Bertz CT molecular complexity index is 753. The second-order valence-electron chi connectivity index (χ2n) is 8.50. The number of benzene rings is 1. The minimum Gasteiger partial charge on any atom is -0.537 e. The molecule has 203 valence electrons. The van der Waals surface area contributed by atoms with Crippen LogP contribution in [0.3, 0.4) is 0 Å². The molecular formula is C25H45BN5O5. The molecule has 0 aliphatic rings. The summed E-state index contributed by atoms with van der Waals surface area (Å²) < 4.78 is 4.84. The Morgan fingerprint density at radius 3 is 2.14 bits per heavy atom. The molecule has 7 N–H and O–H groups in total. The number of carbonyl (C=O) groups excluding carboxylic acids is 3. The molecule has 3 amide bonds. The van der Waals surface area contributed by atoms with Gasteiger partial charge in [0.2, 0.25) is 17.7 Å². The van der Waals surface area contributed by atoms with Crippen LogP contribution in [0, 0.1) is 11.8 Å². The molecule has 0 heterocycles. The first-order valence-electron chi connectivity index (χ1n) is 12.8. The number of carbonyl (C=O) groups is 3. The number of nitrogens with one attached hydrogen (secondary N) is 4. The lowest BCUT2D eigenvalue weighted by atomic mass is 10.1. The maximum atomic E-state index is 11.9. The van der Waals surface area contributed by atoms with Gasteiger partial charge in [0.15, 0.2) is 0 Å². The number of amides is 3. The van der Waals surface area contributed by atoms with E-state index in [1.165, 1.54) is 0 Å². The molecule has 2 atom stereocenters. The van der Waals surface area contributed by atoms with Crippen LogP contribution in [0.2, 0.25) is 0 Å². The molecule has 10 nitrogen and oxygen atoms in total. The van der Waals surface area contributed by atoms with Gasteiger partial charge in [-0.15, -0.1) is 0 Å². The zero-order valence-electron chi connectivity index (χ0n) is 22.3. The van der Waals surface area contributed by atoms with Crippen LogP contribution in [0.5, 0.6) is 5.75 Å². The summed E-state index contributed by atoms with van der Waals surface area (Å²) in [4.78, 5) is 34.5. The van der Waals surface area contributed by atoms with Crippen LogP contribution in [0.25, 0.3) is 0 Å². The quantitative estimate of drug-likeness (QED) is 0.138. The Labute approximate surface area is 216 Å². The summed E-state index contributed by atoms with van der Waals surface area (Å²) in [5.41, 5.74) is 5.88. The summed E-state index contributed by atoms with van der Waals surface area (Å²) in [6, 6.07) is 6.76. The van der Waals surface area contributed by atoms with Crippen molar-refractivity contribution in [2.24, 2.45) is 17.6 Å². The molecule has 1 aromatic carbocycles. The molecule has 1 rings (SSSR count). The summed E-state index contributed by atoms with van der Waals surface area (Å²) in [7, 11) is 0.593. The highest BCUT2D eigenvalue weighted by Crippen LogP contribution is 2.16. The van der Waals surface area contributed by atoms with Crippen molar-refractivity contribution in [1.29, 1.82) is 0 Å². The van der Waals surface area contributed by atoms with Crippen molar-refractivity contribution in [3.05, 3.63) is 24.3 Å². The molecule has 0 aromatic heterocycles. The third kappa shape index (κ3) is 16.9. The van der Waals surface area contributed by atoms with Crippen molar-refractivity contribution < 1.29 is 24.1 Å². The van der Waals surface area contributed by atoms with Crippen molar-refractivity contribution in [2.75, 3.05) is 38.0 Å². The molecule has 0 fully saturated rings. The van der Waals surface area contributed by atoms with Gasteiger partial charge in [-0.05, 0) is 50.9 Å².